The van der Waals surface area contributed by atoms with E-state index in [0.29, 0.717) is 24.6 Å². The van der Waals surface area contributed by atoms with E-state index in [2.05, 4.69) is 10.2 Å². The molecule has 154 valence electrons. The Hall–Kier alpha value is -2.05. The molecule has 27 heavy (non-hydrogen) atoms. The first-order valence-electron chi connectivity index (χ1n) is 8.55. The van der Waals surface area contributed by atoms with E-state index < -0.39 is 27.9 Å². The van der Waals surface area contributed by atoms with Crippen molar-refractivity contribution in [2.24, 2.45) is 0 Å². The molecule has 0 saturated carbocycles. The van der Waals surface area contributed by atoms with Crippen molar-refractivity contribution in [3.8, 4) is 0 Å². The van der Waals surface area contributed by atoms with E-state index in [-0.39, 0.29) is 50.3 Å². The SMILES string of the molecule is CN(CCCNC(=O)CCCC(=O)ON1C(=O)CCC1=O)CCS(=O)(=O)O. The van der Waals surface area contributed by atoms with Gasteiger partial charge in [-0.25, -0.2) is 4.79 Å². The maximum atomic E-state index is 11.7. The lowest BCUT2D eigenvalue weighted by molar-refractivity contribution is -0.197. The first kappa shape index (κ1) is 23.0. The van der Waals surface area contributed by atoms with Crippen LogP contribution in [0.1, 0.15) is 38.5 Å². The highest BCUT2D eigenvalue weighted by Crippen LogP contribution is 2.13. The van der Waals surface area contributed by atoms with Crippen LogP contribution >= 0.6 is 0 Å². The van der Waals surface area contributed by atoms with E-state index >= 15 is 0 Å². The minimum absolute atomic E-state index is 0.0273. The average Bonchev–Trinajstić information content (AvgIpc) is 2.88. The van der Waals surface area contributed by atoms with Crippen molar-refractivity contribution in [2.45, 2.75) is 38.5 Å². The molecule has 1 saturated heterocycles. The Bertz CT molecular complexity index is 648. The minimum Gasteiger partial charge on any atom is -0.356 e. The molecule has 0 bridgehead atoms. The van der Waals surface area contributed by atoms with Gasteiger partial charge in [0, 0.05) is 38.8 Å². The van der Waals surface area contributed by atoms with Gasteiger partial charge >= 0.3 is 5.97 Å². The molecule has 0 aliphatic carbocycles. The maximum Gasteiger partial charge on any atom is 0.333 e. The molecule has 1 fully saturated rings. The highest BCUT2D eigenvalue weighted by molar-refractivity contribution is 7.85. The van der Waals surface area contributed by atoms with Gasteiger partial charge < -0.3 is 15.1 Å². The van der Waals surface area contributed by atoms with Crippen LogP contribution in [0.3, 0.4) is 0 Å². The number of nitrogens with zero attached hydrogens (tertiary/aromatic N) is 2. The van der Waals surface area contributed by atoms with Crippen LogP contribution < -0.4 is 5.32 Å². The van der Waals surface area contributed by atoms with E-state index in [1.165, 1.54) is 0 Å². The van der Waals surface area contributed by atoms with Gasteiger partial charge in [0.2, 0.25) is 5.91 Å². The zero-order valence-electron chi connectivity index (χ0n) is 15.2. The number of amides is 3. The second-order valence-electron chi connectivity index (χ2n) is 6.19. The number of rotatable bonds is 12. The van der Waals surface area contributed by atoms with Gasteiger partial charge in [-0.05, 0) is 26.4 Å². The van der Waals surface area contributed by atoms with Gasteiger partial charge in [-0.3, -0.25) is 18.9 Å². The van der Waals surface area contributed by atoms with Crippen LogP contribution in [0, 0.1) is 0 Å². The molecule has 0 aromatic carbocycles. The number of hydroxylamine groups is 2. The summed E-state index contributed by atoms with van der Waals surface area (Å²) in [5, 5.41) is 3.14. The molecule has 11 nitrogen and oxygen atoms in total. The topological polar surface area (TPSA) is 150 Å². The third-order valence-electron chi connectivity index (χ3n) is 3.75. The molecule has 12 heteroatoms. The number of imide groups is 1. The van der Waals surface area contributed by atoms with Crippen molar-refractivity contribution in [3.63, 3.8) is 0 Å². The van der Waals surface area contributed by atoms with Crippen LogP contribution in [-0.2, 0) is 34.1 Å². The number of nitrogens with one attached hydrogen (secondary N) is 1. The van der Waals surface area contributed by atoms with Gasteiger partial charge in [-0.1, -0.05) is 0 Å². The van der Waals surface area contributed by atoms with E-state index in [0.717, 1.165) is 0 Å². The summed E-state index contributed by atoms with van der Waals surface area (Å²) >= 11 is 0. The van der Waals surface area contributed by atoms with E-state index in [1.807, 2.05) is 0 Å². The lowest BCUT2D eigenvalue weighted by atomic mass is 10.2. The monoisotopic (exact) mass is 407 g/mol. The Kier molecular flexibility index (Phi) is 9.32. The Morgan fingerprint density at radius 1 is 1.15 bits per heavy atom. The third kappa shape index (κ3) is 10.0. The third-order valence-corrected chi connectivity index (χ3v) is 4.45. The van der Waals surface area contributed by atoms with Gasteiger partial charge in [0.1, 0.15) is 0 Å². The number of hydrogen-bond donors (Lipinski definition) is 2. The molecule has 0 atom stereocenters. The smallest absolute Gasteiger partial charge is 0.333 e. The van der Waals surface area contributed by atoms with Crippen LogP contribution in [0.2, 0.25) is 0 Å². The van der Waals surface area contributed by atoms with Gasteiger partial charge in [-0.15, -0.1) is 5.06 Å². The molecule has 0 aromatic heterocycles. The normalized spacial score (nSPS) is 14.7. The molecular formula is C15H25N3O8S. The first-order valence-corrected chi connectivity index (χ1v) is 10.2. The number of carbonyl (C=O) groups excluding carboxylic acids is 4. The zero-order chi connectivity index (χ0) is 20.4. The summed E-state index contributed by atoms with van der Waals surface area (Å²) in [6.07, 6.45) is 0.863. The fourth-order valence-corrected chi connectivity index (χ4v) is 2.79. The highest BCUT2D eigenvalue weighted by atomic mass is 32.2. The van der Waals surface area contributed by atoms with E-state index in [4.69, 9.17) is 4.55 Å². The van der Waals surface area contributed by atoms with Crippen molar-refractivity contribution in [1.29, 1.82) is 0 Å². The van der Waals surface area contributed by atoms with Gasteiger partial charge in [-0.2, -0.15) is 8.42 Å². The Morgan fingerprint density at radius 3 is 2.37 bits per heavy atom. The lowest BCUT2D eigenvalue weighted by Crippen LogP contribution is -2.32. The highest BCUT2D eigenvalue weighted by Gasteiger charge is 2.32. The first-order chi connectivity index (χ1) is 12.6. The Balaban J connectivity index is 2.07. The molecule has 0 unspecified atom stereocenters. The Labute approximate surface area is 157 Å². The average molecular weight is 407 g/mol. The molecule has 2 N–H and O–H groups in total. The van der Waals surface area contributed by atoms with Crippen LogP contribution in [0.5, 0.6) is 0 Å². The quantitative estimate of drug-likeness (QED) is 0.238. The standard InChI is InChI=1S/C15H25N3O8S/c1-17(10-11-27(23,24)25)9-3-8-16-12(19)4-2-5-15(22)26-18-13(20)6-7-14(18)21/h2-11H2,1H3,(H,16,19)(H,23,24,25). The molecule has 1 rings (SSSR count). The van der Waals surface area contributed by atoms with Crippen molar-refractivity contribution < 1.29 is 37.0 Å². The summed E-state index contributed by atoms with van der Waals surface area (Å²) in [7, 11) is -2.28. The zero-order valence-corrected chi connectivity index (χ0v) is 16.0. The molecule has 0 radical (unpaired) electrons. The summed E-state index contributed by atoms with van der Waals surface area (Å²) in [5.41, 5.74) is 0. The van der Waals surface area contributed by atoms with Crippen molar-refractivity contribution in [1.82, 2.24) is 15.3 Å². The molecule has 0 spiro atoms. The summed E-state index contributed by atoms with van der Waals surface area (Å²) in [6, 6.07) is 0. The summed E-state index contributed by atoms with van der Waals surface area (Å²) in [4.78, 5) is 52.3. The van der Waals surface area contributed by atoms with E-state index in [9.17, 15) is 27.6 Å². The fourth-order valence-electron chi connectivity index (χ4n) is 2.25. The summed E-state index contributed by atoms with van der Waals surface area (Å²) < 4.78 is 29.9. The lowest BCUT2D eigenvalue weighted by Gasteiger charge is -2.15. The molecule has 3 amide bonds. The van der Waals surface area contributed by atoms with Crippen LogP contribution in [0.4, 0.5) is 0 Å². The molecule has 1 heterocycles. The Morgan fingerprint density at radius 2 is 1.78 bits per heavy atom. The number of carbonyl (C=O) groups is 4. The molecule has 0 aromatic rings. The molecule has 1 aliphatic heterocycles. The predicted octanol–water partition coefficient (Wildman–Crippen LogP) is -0.910. The van der Waals surface area contributed by atoms with Crippen LogP contribution in [0.15, 0.2) is 0 Å². The van der Waals surface area contributed by atoms with Crippen molar-refractivity contribution in [3.05, 3.63) is 0 Å². The largest absolute Gasteiger partial charge is 0.356 e. The fraction of sp³-hybridized carbons (Fsp3) is 0.733. The van der Waals surface area contributed by atoms with E-state index in [1.54, 1.807) is 11.9 Å². The van der Waals surface area contributed by atoms with Gasteiger partial charge in [0.25, 0.3) is 21.9 Å². The summed E-state index contributed by atoms with van der Waals surface area (Å²) in [5.74, 6) is -2.44. The van der Waals surface area contributed by atoms with Crippen molar-refractivity contribution in [2.75, 3.05) is 32.4 Å². The molecular weight excluding hydrogens is 382 g/mol. The number of hydrogen-bond acceptors (Lipinski definition) is 8. The van der Waals surface area contributed by atoms with Crippen LogP contribution in [-0.4, -0.2) is 79.1 Å². The summed E-state index contributed by atoms with van der Waals surface area (Å²) in [6.45, 7) is 1.12. The second-order valence-corrected chi connectivity index (χ2v) is 7.76. The maximum absolute atomic E-state index is 11.7. The minimum atomic E-state index is -3.98. The van der Waals surface area contributed by atoms with Gasteiger partial charge in [0.05, 0.1) is 5.75 Å². The molecule has 1 aliphatic rings. The van der Waals surface area contributed by atoms with Crippen LogP contribution in [0.25, 0.3) is 0 Å². The predicted molar refractivity (Wildman–Crippen MR) is 92.6 cm³/mol. The van der Waals surface area contributed by atoms with Crippen molar-refractivity contribution >= 4 is 33.8 Å². The van der Waals surface area contributed by atoms with Gasteiger partial charge in [0.15, 0.2) is 0 Å². The second kappa shape index (κ2) is 10.9.